The van der Waals surface area contributed by atoms with Gasteiger partial charge in [-0.1, -0.05) is 65.4 Å². The molecule has 30 heavy (non-hydrogen) atoms. The minimum absolute atomic E-state index is 0.136. The lowest BCUT2D eigenvalue weighted by Gasteiger charge is -2.04. The number of tetrazole rings is 1. The number of H-pyrrole nitrogens is 1. The molecule has 5 rings (SSSR count). The highest BCUT2D eigenvalue weighted by molar-refractivity contribution is 5.68. The average molecular weight is 399 g/mol. The Balaban J connectivity index is 1.45. The SMILES string of the molecule is Cc1ccc(Cc2nc3c(nnn3Cn3nnc(-c4ccccc4)n3)c(=O)[nH]2)cc1. The largest absolute Gasteiger partial charge is 0.308 e. The normalized spacial score (nSPS) is 11.2. The van der Waals surface area contributed by atoms with Gasteiger partial charge in [0.2, 0.25) is 5.82 Å². The van der Waals surface area contributed by atoms with Crippen LogP contribution in [0.25, 0.3) is 22.6 Å². The third-order valence-corrected chi connectivity index (χ3v) is 4.66. The monoisotopic (exact) mass is 399 g/mol. The molecule has 0 bridgehead atoms. The first-order valence-electron chi connectivity index (χ1n) is 9.37. The number of hydrogen-bond donors (Lipinski definition) is 1. The second-order valence-electron chi connectivity index (χ2n) is 6.93. The summed E-state index contributed by atoms with van der Waals surface area (Å²) in [7, 11) is 0. The molecule has 0 fully saturated rings. The Bertz CT molecular complexity index is 1370. The molecule has 1 N–H and O–H groups in total. The van der Waals surface area contributed by atoms with E-state index in [9.17, 15) is 4.79 Å². The van der Waals surface area contributed by atoms with E-state index in [1.807, 2.05) is 61.5 Å². The van der Waals surface area contributed by atoms with Crippen LogP contribution in [-0.2, 0) is 13.1 Å². The third kappa shape index (κ3) is 3.46. The third-order valence-electron chi connectivity index (χ3n) is 4.66. The molecular formula is C20H17N9O. The van der Waals surface area contributed by atoms with Crippen LogP contribution in [0.2, 0.25) is 0 Å². The molecule has 0 radical (unpaired) electrons. The van der Waals surface area contributed by atoms with Crippen LogP contribution in [0.1, 0.15) is 17.0 Å². The van der Waals surface area contributed by atoms with Gasteiger partial charge in [-0.3, -0.25) is 4.79 Å². The summed E-state index contributed by atoms with van der Waals surface area (Å²) in [6.07, 6.45) is 0.496. The molecule has 148 valence electrons. The molecule has 3 aromatic heterocycles. The van der Waals surface area contributed by atoms with Gasteiger partial charge >= 0.3 is 0 Å². The van der Waals surface area contributed by atoms with Gasteiger partial charge in [-0.15, -0.1) is 20.1 Å². The number of nitrogens with zero attached hydrogens (tertiary/aromatic N) is 8. The van der Waals surface area contributed by atoms with E-state index in [0.717, 1.165) is 11.1 Å². The second-order valence-corrected chi connectivity index (χ2v) is 6.93. The second kappa shape index (κ2) is 7.32. The zero-order chi connectivity index (χ0) is 20.5. The molecule has 2 aromatic carbocycles. The molecule has 0 unspecified atom stereocenters. The van der Waals surface area contributed by atoms with Crippen LogP contribution < -0.4 is 5.56 Å². The molecule has 0 spiro atoms. The topological polar surface area (TPSA) is 120 Å². The van der Waals surface area contributed by atoms with Crippen LogP contribution in [0.4, 0.5) is 0 Å². The van der Waals surface area contributed by atoms with Crippen LogP contribution in [0.3, 0.4) is 0 Å². The number of benzene rings is 2. The van der Waals surface area contributed by atoms with Gasteiger partial charge in [-0.2, -0.15) is 0 Å². The number of aromatic amines is 1. The van der Waals surface area contributed by atoms with Crippen LogP contribution in [0.5, 0.6) is 0 Å². The van der Waals surface area contributed by atoms with Gasteiger partial charge in [0, 0.05) is 12.0 Å². The summed E-state index contributed by atoms with van der Waals surface area (Å²) >= 11 is 0. The van der Waals surface area contributed by atoms with E-state index in [-0.39, 0.29) is 17.7 Å². The summed E-state index contributed by atoms with van der Waals surface area (Å²) < 4.78 is 1.49. The highest BCUT2D eigenvalue weighted by atomic mass is 16.1. The molecular weight excluding hydrogens is 382 g/mol. The van der Waals surface area contributed by atoms with Crippen molar-refractivity contribution in [3.8, 4) is 11.4 Å². The summed E-state index contributed by atoms with van der Waals surface area (Å²) in [5.74, 6) is 1.04. The number of fused-ring (bicyclic) bond motifs is 1. The zero-order valence-electron chi connectivity index (χ0n) is 16.1. The molecule has 10 heteroatoms. The Morgan fingerprint density at radius 3 is 2.57 bits per heavy atom. The lowest BCUT2D eigenvalue weighted by Crippen LogP contribution is -2.16. The number of rotatable bonds is 5. The Morgan fingerprint density at radius 2 is 1.77 bits per heavy atom. The molecule has 10 nitrogen and oxygen atoms in total. The molecule has 0 saturated heterocycles. The predicted molar refractivity (Wildman–Crippen MR) is 109 cm³/mol. The first-order chi connectivity index (χ1) is 14.7. The van der Waals surface area contributed by atoms with Crippen LogP contribution >= 0.6 is 0 Å². The quantitative estimate of drug-likeness (QED) is 0.476. The van der Waals surface area contributed by atoms with Crippen molar-refractivity contribution in [3.63, 3.8) is 0 Å². The van der Waals surface area contributed by atoms with E-state index < -0.39 is 0 Å². The van der Waals surface area contributed by atoms with Crippen molar-refractivity contribution in [3.05, 3.63) is 81.9 Å². The van der Waals surface area contributed by atoms with E-state index in [4.69, 9.17) is 0 Å². The Hall–Kier alpha value is -4.21. The summed E-state index contributed by atoms with van der Waals surface area (Å²) in [4.78, 5) is 21.2. The highest BCUT2D eigenvalue weighted by Gasteiger charge is 2.14. The summed E-state index contributed by atoms with van der Waals surface area (Å²) in [5.41, 5.74) is 3.30. The van der Waals surface area contributed by atoms with E-state index in [1.54, 1.807) is 0 Å². The van der Waals surface area contributed by atoms with Crippen LogP contribution in [0.15, 0.2) is 59.4 Å². The van der Waals surface area contributed by atoms with Gasteiger partial charge in [-0.25, -0.2) is 9.67 Å². The van der Waals surface area contributed by atoms with Crippen molar-refractivity contribution < 1.29 is 0 Å². The molecule has 0 amide bonds. The molecule has 0 aliphatic rings. The fraction of sp³-hybridized carbons (Fsp3) is 0.150. The Morgan fingerprint density at radius 1 is 0.967 bits per heavy atom. The van der Waals surface area contributed by atoms with E-state index in [1.165, 1.54) is 15.0 Å². The minimum atomic E-state index is -0.329. The van der Waals surface area contributed by atoms with Gasteiger partial charge in [0.15, 0.2) is 17.8 Å². The summed E-state index contributed by atoms with van der Waals surface area (Å²) in [5, 5.41) is 20.5. The zero-order valence-corrected chi connectivity index (χ0v) is 16.1. The lowest BCUT2D eigenvalue weighted by atomic mass is 10.1. The number of aromatic nitrogens is 9. The minimum Gasteiger partial charge on any atom is -0.308 e. The van der Waals surface area contributed by atoms with E-state index in [0.29, 0.717) is 23.7 Å². The maximum atomic E-state index is 12.4. The lowest BCUT2D eigenvalue weighted by molar-refractivity contribution is 0.442. The summed E-state index contributed by atoms with van der Waals surface area (Å²) in [6, 6.07) is 17.6. The van der Waals surface area contributed by atoms with Gasteiger partial charge in [0.1, 0.15) is 5.82 Å². The van der Waals surface area contributed by atoms with Gasteiger partial charge in [0.25, 0.3) is 5.56 Å². The molecule has 0 saturated carbocycles. The maximum Gasteiger partial charge on any atom is 0.281 e. The van der Waals surface area contributed by atoms with Gasteiger partial charge in [-0.05, 0) is 17.7 Å². The maximum absolute atomic E-state index is 12.4. The smallest absolute Gasteiger partial charge is 0.281 e. The van der Waals surface area contributed by atoms with Crippen LogP contribution in [-0.4, -0.2) is 45.2 Å². The fourth-order valence-corrected chi connectivity index (χ4v) is 3.12. The fourth-order valence-electron chi connectivity index (χ4n) is 3.12. The van der Waals surface area contributed by atoms with Crippen molar-refractivity contribution in [2.24, 2.45) is 0 Å². The molecule has 0 aliphatic heterocycles. The van der Waals surface area contributed by atoms with Crippen molar-refractivity contribution in [2.45, 2.75) is 20.0 Å². The molecule has 0 atom stereocenters. The Labute approximate surface area is 170 Å². The number of hydrogen-bond acceptors (Lipinski definition) is 7. The number of nitrogens with one attached hydrogen (secondary N) is 1. The molecule has 5 aromatic rings. The van der Waals surface area contributed by atoms with Crippen LogP contribution in [0, 0.1) is 6.92 Å². The van der Waals surface area contributed by atoms with Crippen molar-refractivity contribution in [1.29, 1.82) is 0 Å². The number of aryl methyl sites for hydroxylation is 1. The van der Waals surface area contributed by atoms with E-state index in [2.05, 4.69) is 35.7 Å². The first-order valence-corrected chi connectivity index (χ1v) is 9.37. The predicted octanol–water partition coefficient (Wildman–Crippen LogP) is 1.57. The van der Waals surface area contributed by atoms with Crippen molar-refractivity contribution in [1.82, 2.24) is 45.2 Å². The van der Waals surface area contributed by atoms with Crippen molar-refractivity contribution >= 4 is 11.2 Å². The summed E-state index contributed by atoms with van der Waals surface area (Å²) in [6.45, 7) is 2.17. The van der Waals surface area contributed by atoms with Gasteiger partial charge < -0.3 is 4.98 Å². The molecule has 0 aliphatic carbocycles. The van der Waals surface area contributed by atoms with Crippen molar-refractivity contribution in [2.75, 3.05) is 0 Å². The average Bonchev–Trinajstić information content (AvgIpc) is 3.39. The Kier molecular flexibility index (Phi) is 4.36. The van der Waals surface area contributed by atoms with E-state index >= 15 is 0 Å². The van der Waals surface area contributed by atoms with Gasteiger partial charge in [0.05, 0.1) is 0 Å². The first kappa shape index (κ1) is 17.9. The molecule has 3 heterocycles. The highest BCUT2D eigenvalue weighted by Crippen LogP contribution is 2.12. The standard InChI is InChI=1S/C20H17N9O/c1-13-7-9-14(10-8-13)11-16-21-19-17(20(30)22-16)23-26-28(19)12-29-25-18(24-27-29)15-5-3-2-4-6-15/h2-10H,11-12H2,1H3,(H,21,22,30).